The highest BCUT2D eigenvalue weighted by Gasteiger charge is 2.12. The van der Waals surface area contributed by atoms with Crippen LogP contribution in [0.5, 0.6) is 11.5 Å². The van der Waals surface area contributed by atoms with E-state index in [1.807, 2.05) is 18.2 Å². The smallest absolute Gasteiger partial charge is 0.254 e. The van der Waals surface area contributed by atoms with Gasteiger partial charge in [0.25, 0.3) is 5.91 Å². The lowest BCUT2D eigenvalue weighted by molar-refractivity contribution is -0.118. The molecule has 0 fully saturated rings. The molecule has 0 heterocycles. The number of nitrogens with zero attached hydrogens (tertiary/aromatic N) is 1. The molecule has 132 valence electrons. The van der Waals surface area contributed by atoms with Crippen molar-refractivity contribution in [2.45, 2.75) is 6.61 Å². The molecule has 0 aliphatic rings. The van der Waals surface area contributed by atoms with E-state index < -0.39 is 0 Å². The monoisotopic (exact) mass is 444 g/mol. The molecular weight excluding hydrogens is 431 g/mol. The Morgan fingerprint density at radius 1 is 1.36 bits per heavy atom. The second-order valence-electron chi connectivity index (χ2n) is 4.84. The number of nitrogens with one attached hydrogen (secondary N) is 1. The number of alkyl halides is 1. The maximum Gasteiger partial charge on any atom is 0.254 e. The molecule has 0 aromatic heterocycles. The molecule has 2 aromatic rings. The average Bonchev–Trinajstić information content (AvgIpc) is 2.61. The third kappa shape index (κ3) is 5.63. The molecule has 8 heteroatoms. The molecule has 2 aromatic carbocycles. The van der Waals surface area contributed by atoms with Crippen molar-refractivity contribution < 1.29 is 14.3 Å². The third-order valence-electron chi connectivity index (χ3n) is 3.11. The Morgan fingerprint density at radius 3 is 2.80 bits per heavy atom. The van der Waals surface area contributed by atoms with Crippen LogP contribution in [0.4, 0.5) is 0 Å². The predicted molar refractivity (Wildman–Crippen MR) is 103 cm³/mol. The topological polar surface area (TPSA) is 59.9 Å². The fraction of sp³-hybridized carbons (Fsp3) is 0.176. The van der Waals surface area contributed by atoms with Crippen molar-refractivity contribution in [2.75, 3.05) is 13.0 Å². The molecular formula is C17H15BrCl2N2O3. The summed E-state index contributed by atoms with van der Waals surface area (Å²) in [5.74, 6) is 0.527. The minimum absolute atomic E-state index is 0.154. The number of rotatable bonds is 7. The van der Waals surface area contributed by atoms with E-state index in [9.17, 15) is 4.79 Å². The van der Waals surface area contributed by atoms with Gasteiger partial charge in [-0.25, -0.2) is 5.43 Å². The Kier molecular flexibility index (Phi) is 7.55. The van der Waals surface area contributed by atoms with Gasteiger partial charge in [0.2, 0.25) is 0 Å². The first-order valence-electron chi connectivity index (χ1n) is 7.16. The number of carbonyl (C=O) groups is 1. The number of carbonyl (C=O) groups excluding carboxylic acids is 1. The Morgan fingerprint density at radius 2 is 2.12 bits per heavy atom. The van der Waals surface area contributed by atoms with Gasteiger partial charge >= 0.3 is 0 Å². The van der Waals surface area contributed by atoms with Gasteiger partial charge in [0.05, 0.1) is 17.8 Å². The molecule has 0 aliphatic heterocycles. The van der Waals surface area contributed by atoms with Crippen LogP contribution in [0.1, 0.15) is 11.1 Å². The van der Waals surface area contributed by atoms with E-state index >= 15 is 0 Å². The van der Waals surface area contributed by atoms with Crippen LogP contribution in [0.2, 0.25) is 5.02 Å². The minimum atomic E-state index is -0.386. The van der Waals surface area contributed by atoms with Crippen LogP contribution in [-0.2, 0) is 11.4 Å². The summed E-state index contributed by atoms with van der Waals surface area (Å²) in [6.45, 7) is 0.299. The lowest BCUT2D eigenvalue weighted by Crippen LogP contribution is -2.18. The summed E-state index contributed by atoms with van der Waals surface area (Å²) < 4.78 is 11.9. The quantitative estimate of drug-likeness (QED) is 0.390. The molecule has 2 rings (SSSR count). The fourth-order valence-electron chi connectivity index (χ4n) is 1.93. The van der Waals surface area contributed by atoms with Crippen molar-refractivity contribution in [1.29, 1.82) is 0 Å². The number of hydrogen-bond donors (Lipinski definition) is 1. The van der Waals surface area contributed by atoms with Crippen molar-refractivity contribution in [2.24, 2.45) is 5.10 Å². The molecule has 0 bridgehead atoms. The van der Waals surface area contributed by atoms with Crippen molar-refractivity contribution in [1.82, 2.24) is 5.43 Å². The summed E-state index contributed by atoms with van der Waals surface area (Å²) in [7, 11) is 1.54. The second-order valence-corrected chi connectivity index (χ2v) is 6.37. The Balaban J connectivity index is 2.16. The molecule has 1 N–H and O–H groups in total. The van der Waals surface area contributed by atoms with Crippen molar-refractivity contribution >= 4 is 51.3 Å². The van der Waals surface area contributed by atoms with E-state index in [2.05, 4.69) is 26.5 Å². The highest BCUT2D eigenvalue weighted by atomic mass is 79.9. The predicted octanol–water partition coefficient (Wildman–Crippen LogP) is 4.38. The third-order valence-corrected chi connectivity index (χ3v) is 4.31. The summed E-state index contributed by atoms with van der Waals surface area (Å²) in [5, 5.41) is 4.46. The number of halogens is 3. The van der Waals surface area contributed by atoms with Crippen molar-refractivity contribution in [3.05, 3.63) is 57.0 Å². The molecule has 0 saturated carbocycles. The van der Waals surface area contributed by atoms with Crippen LogP contribution in [0.3, 0.4) is 0 Å². The molecule has 0 aliphatic carbocycles. The zero-order valence-electron chi connectivity index (χ0n) is 13.3. The van der Waals surface area contributed by atoms with Gasteiger partial charge in [-0.3, -0.25) is 4.79 Å². The van der Waals surface area contributed by atoms with Gasteiger partial charge in [-0.05, 0) is 39.7 Å². The van der Waals surface area contributed by atoms with Gasteiger partial charge in [0.15, 0.2) is 11.5 Å². The van der Waals surface area contributed by atoms with Gasteiger partial charge < -0.3 is 9.47 Å². The van der Waals surface area contributed by atoms with E-state index in [-0.39, 0.29) is 11.8 Å². The average molecular weight is 446 g/mol. The zero-order valence-corrected chi connectivity index (χ0v) is 16.4. The molecule has 5 nitrogen and oxygen atoms in total. The summed E-state index contributed by atoms with van der Waals surface area (Å²) in [5.41, 5.74) is 3.88. The first-order chi connectivity index (χ1) is 12.0. The summed E-state index contributed by atoms with van der Waals surface area (Å²) in [4.78, 5) is 11.1. The zero-order chi connectivity index (χ0) is 18.2. The van der Waals surface area contributed by atoms with Gasteiger partial charge in [-0.2, -0.15) is 5.10 Å². The van der Waals surface area contributed by atoms with E-state index in [0.717, 1.165) is 5.56 Å². The van der Waals surface area contributed by atoms with Gasteiger partial charge in [-0.15, -0.1) is 11.6 Å². The minimum Gasteiger partial charge on any atom is -0.493 e. The lowest BCUT2D eigenvalue weighted by Gasteiger charge is -2.14. The molecule has 0 saturated heterocycles. The van der Waals surface area contributed by atoms with Gasteiger partial charge in [0.1, 0.15) is 12.5 Å². The standard InChI is InChI=1S/C17H15BrCl2N2O3/c1-24-15-7-11(9-21-22-16(23)8-19)6-13(18)17(15)25-10-12-4-2-3-5-14(12)20/h2-7,9H,8,10H2,1H3,(H,22,23)/b21-9-. The van der Waals surface area contributed by atoms with Crippen LogP contribution in [-0.4, -0.2) is 25.1 Å². The molecule has 0 atom stereocenters. The van der Waals surface area contributed by atoms with E-state index in [1.165, 1.54) is 6.21 Å². The Bertz CT molecular complexity index is 784. The second kappa shape index (κ2) is 9.65. The van der Waals surface area contributed by atoms with Crippen LogP contribution in [0, 0.1) is 0 Å². The maximum atomic E-state index is 11.1. The highest BCUT2D eigenvalue weighted by molar-refractivity contribution is 9.10. The molecule has 0 unspecified atom stereocenters. The summed E-state index contributed by atoms with van der Waals surface area (Å²) in [6, 6.07) is 11.0. The number of amides is 1. The number of methoxy groups -OCH3 is 1. The Hall–Kier alpha value is -1.76. The fourth-order valence-corrected chi connectivity index (χ4v) is 2.75. The molecule has 1 amide bonds. The number of benzene rings is 2. The van der Waals surface area contributed by atoms with Crippen LogP contribution in [0.25, 0.3) is 0 Å². The van der Waals surface area contributed by atoms with Crippen molar-refractivity contribution in [3.63, 3.8) is 0 Å². The molecule has 0 radical (unpaired) electrons. The van der Waals surface area contributed by atoms with Gasteiger partial charge in [0, 0.05) is 10.6 Å². The van der Waals surface area contributed by atoms with Gasteiger partial charge in [-0.1, -0.05) is 29.8 Å². The first kappa shape index (κ1) is 19.6. The SMILES string of the molecule is COc1cc(/C=N\NC(=O)CCl)cc(Br)c1OCc1ccccc1Cl. The molecule has 0 spiro atoms. The van der Waals surface area contributed by atoms with E-state index in [1.54, 1.807) is 25.3 Å². The number of hydrogen-bond acceptors (Lipinski definition) is 4. The largest absolute Gasteiger partial charge is 0.493 e. The molecule has 25 heavy (non-hydrogen) atoms. The maximum absolute atomic E-state index is 11.1. The van der Waals surface area contributed by atoms with E-state index in [4.69, 9.17) is 32.7 Å². The first-order valence-corrected chi connectivity index (χ1v) is 8.87. The van der Waals surface area contributed by atoms with E-state index in [0.29, 0.717) is 33.2 Å². The number of hydrazone groups is 1. The van der Waals surface area contributed by atoms with Crippen LogP contribution >= 0.6 is 39.1 Å². The highest BCUT2D eigenvalue weighted by Crippen LogP contribution is 2.37. The number of ether oxygens (including phenoxy) is 2. The normalized spacial score (nSPS) is 10.7. The van der Waals surface area contributed by atoms with Crippen LogP contribution < -0.4 is 14.9 Å². The summed E-state index contributed by atoms with van der Waals surface area (Å²) >= 11 is 15.0. The van der Waals surface area contributed by atoms with Crippen molar-refractivity contribution in [3.8, 4) is 11.5 Å². The summed E-state index contributed by atoms with van der Waals surface area (Å²) in [6.07, 6.45) is 1.48. The van der Waals surface area contributed by atoms with Crippen LogP contribution in [0.15, 0.2) is 46.0 Å². The lowest BCUT2D eigenvalue weighted by atomic mass is 10.2. The Labute approximate surface area is 164 Å².